The van der Waals surface area contributed by atoms with Crippen LogP contribution in [0.15, 0.2) is 66.9 Å². The van der Waals surface area contributed by atoms with Gasteiger partial charge in [-0.15, -0.1) is 0 Å². The van der Waals surface area contributed by atoms with Crippen molar-refractivity contribution in [2.75, 3.05) is 6.54 Å². The third-order valence-corrected chi connectivity index (χ3v) is 7.86. The molecule has 37 heavy (non-hydrogen) atoms. The predicted molar refractivity (Wildman–Crippen MR) is 143 cm³/mol. The maximum absolute atomic E-state index is 14.1. The largest absolute Gasteiger partial charge is 0.391 e. The van der Waals surface area contributed by atoms with Crippen molar-refractivity contribution in [3.8, 4) is 0 Å². The molecule has 1 saturated carbocycles. The van der Waals surface area contributed by atoms with Crippen LogP contribution < -0.4 is 5.32 Å². The summed E-state index contributed by atoms with van der Waals surface area (Å²) in [6, 6.07) is 18.6. The highest BCUT2D eigenvalue weighted by Crippen LogP contribution is 2.46. The van der Waals surface area contributed by atoms with E-state index in [1.165, 1.54) is 0 Å². The molecule has 6 nitrogen and oxygen atoms in total. The molecule has 1 aliphatic carbocycles. The van der Waals surface area contributed by atoms with Crippen molar-refractivity contribution in [3.63, 3.8) is 0 Å². The fourth-order valence-electron chi connectivity index (χ4n) is 6.07. The molecule has 6 heteroatoms. The molecule has 3 unspecified atom stereocenters. The first-order chi connectivity index (χ1) is 18.0. The van der Waals surface area contributed by atoms with E-state index in [1.807, 2.05) is 73.3 Å². The summed E-state index contributed by atoms with van der Waals surface area (Å²) in [4.78, 5) is 34.3. The fourth-order valence-corrected chi connectivity index (χ4v) is 6.07. The Morgan fingerprint density at radius 1 is 1.03 bits per heavy atom. The second kappa shape index (κ2) is 10.9. The van der Waals surface area contributed by atoms with Crippen molar-refractivity contribution in [1.29, 1.82) is 0 Å². The van der Waals surface area contributed by atoms with Crippen LogP contribution in [0.25, 0.3) is 0 Å². The van der Waals surface area contributed by atoms with Gasteiger partial charge in [-0.1, -0.05) is 60.9 Å². The van der Waals surface area contributed by atoms with Crippen molar-refractivity contribution in [2.24, 2.45) is 0 Å². The molecule has 0 spiro atoms. The second-order valence-corrected chi connectivity index (χ2v) is 10.4. The molecular formula is C31H35N3O3. The molecule has 2 amide bonds. The molecule has 2 aromatic carbocycles. The van der Waals surface area contributed by atoms with E-state index in [2.05, 4.69) is 16.4 Å². The van der Waals surface area contributed by atoms with Crippen molar-refractivity contribution in [3.05, 3.63) is 100 Å². The summed E-state index contributed by atoms with van der Waals surface area (Å²) in [5.41, 5.74) is 5.33. The minimum Gasteiger partial charge on any atom is -0.391 e. The van der Waals surface area contributed by atoms with Crippen LogP contribution in [0.2, 0.25) is 0 Å². The number of benzene rings is 2. The number of carbonyl (C=O) groups is 2. The van der Waals surface area contributed by atoms with Gasteiger partial charge < -0.3 is 15.3 Å². The molecule has 192 valence electrons. The monoisotopic (exact) mass is 497 g/mol. The fraction of sp³-hybridized carbons (Fsp3) is 0.387. The molecule has 1 aliphatic heterocycles. The highest BCUT2D eigenvalue weighted by Gasteiger charge is 2.48. The number of hydrogen-bond acceptors (Lipinski definition) is 4. The third-order valence-electron chi connectivity index (χ3n) is 7.86. The molecule has 2 heterocycles. The zero-order chi connectivity index (χ0) is 25.9. The van der Waals surface area contributed by atoms with Crippen molar-refractivity contribution in [1.82, 2.24) is 15.2 Å². The van der Waals surface area contributed by atoms with E-state index >= 15 is 0 Å². The third kappa shape index (κ3) is 5.03. The van der Waals surface area contributed by atoms with E-state index in [1.54, 1.807) is 6.20 Å². The number of aryl methyl sites for hydroxylation is 2. The Morgan fingerprint density at radius 3 is 2.57 bits per heavy atom. The quantitative estimate of drug-likeness (QED) is 0.520. The molecular weight excluding hydrogens is 462 g/mol. The molecule has 2 aliphatic rings. The van der Waals surface area contributed by atoms with E-state index in [4.69, 9.17) is 0 Å². The Bertz CT molecular complexity index is 1280. The Hall–Kier alpha value is -3.51. The van der Waals surface area contributed by atoms with Gasteiger partial charge in [0, 0.05) is 30.4 Å². The molecule has 1 fully saturated rings. The lowest BCUT2D eigenvalue weighted by Crippen LogP contribution is -2.55. The summed E-state index contributed by atoms with van der Waals surface area (Å²) >= 11 is 0. The predicted octanol–water partition coefficient (Wildman–Crippen LogP) is 4.64. The molecule has 1 aromatic heterocycles. The molecule has 4 atom stereocenters. The maximum atomic E-state index is 14.1. The van der Waals surface area contributed by atoms with Gasteiger partial charge in [-0.25, -0.2) is 0 Å². The molecule has 5 rings (SSSR count). The number of fused-ring (bicyclic) bond motifs is 1. The number of nitrogens with zero attached hydrogens (tertiary/aromatic N) is 2. The lowest BCUT2D eigenvalue weighted by molar-refractivity contribution is -0.125. The normalized spacial score (nSPS) is 23.4. The summed E-state index contributed by atoms with van der Waals surface area (Å²) in [7, 11) is 0. The first-order valence-electron chi connectivity index (χ1n) is 13.3. The number of amides is 2. The SMILES string of the molecule is Cc1ccc(C2C(C(=O)NCCc3ccccn3)c3ccccc3C(=O)N2C2CCCC[C@@H]2O)c(C)c1. The standard InChI is InChI=1S/C31H35N3O3/c1-20-14-15-23(21(2)19-20)29-28(30(36)33-18-16-22-9-7-8-17-32-22)24-10-3-4-11-25(24)31(37)34(29)26-12-5-6-13-27(26)35/h3-4,7-11,14-15,17,19,26-29,35H,5-6,12-13,16,18H2,1-2H3,(H,33,36)/t26?,27-,28?,29?/m0/s1. The lowest BCUT2D eigenvalue weighted by Gasteiger charge is -2.48. The number of nitrogens with one attached hydrogen (secondary N) is 1. The average molecular weight is 498 g/mol. The number of aromatic nitrogens is 1. The topological polar surface area (TPSA) is 82.5 Å². The zero-order valence-electron chi connectivity index (χ0n) is 21.6. The van der Waals surface area contributed by atoms with E-state index in [0.29, 0.717) is 24.9 Å². The molecule has 0 radical (unpaired) electrons. The number of hydrogen-bond donors (Lipinski definition) is 2. The van der Waals surface area contributed by atoms with Gasteiger partial charge in [0.05, 0.1) is 24.1 Å². The Balaban J connectivity index is 1.57. The smallest absolute Gasteiger partial charge is 0.255 e. The molecule has 3 aromatic rings. The van der Waals surface area contributed by atoms with E-state index in [0.717, 1.165) is 47.2 Å². The van der Waals surface area contributed by atoms with Gasteiger partial charge in [0.25, 0.3) is 5.91 Å². The van der Waals surface area contributed by atoms with Crippen molar-refractivity contribution in [2.45, 2.75) is 70.1 Å². The first kappa shape index (κ1) is 25.2. The average Bonchev–Trinajstić information content (AvgIpc) is 2.90. The van der Waals surface area contributed by atoms with E-state index < -0.39 is 18.1 Å². The van der Waals surface area contributed by atoms with Crippen LogP contribution in [0.4, 0.5) is 0 Å². The number of carbonyl (C=O) groups excluding carboxylic acids is 2. The lowest BCUT2D eigenvalue weighted by atomic mass is 9.75. The van der Waals surface area contributed by atoms with Gasteiger partial charge in [0.1, 0.15) is 0 Å². The number of pyridine rings is 1. The van der Waals surface area contributed by atoms with Gasteiger partial charge in [0.15, 0.2) is 0 Å². The molecule has 2 N–H and O–H groups in total. The van der Waals surface area contributed by atoms with Crippen LogP contribution in [0.3, 0.4) is 0 Å². The minimum absolute atomic E-state index is 0.107. The number of rotatable bonds is 6. The van der Waals surface area contributed by atoms with Crippen LogP contribution in [0, 0.1) is 13.8 Å². The highest BCUT2D eigenvalue weighted by molar-refractivity contribution is 6.01. The van der Waals surface area contributed by atoms with Gasteiger partial charge in [-0.3, -0.25) is 14.6 Å². The van der Waals surface area contributed by atoms with Gasteiger partial charge in [-0.2, -0.15) is 0 Å². The van der Waals surface area contributed by atoms with Gasteiger partial charge in [-0.05, 0) is 61.6 Å². The summed E-state index contributed by atoms with van der Waals surface area (Å²) < 4.78 is 0. The minimum atomic E-state index is -0.607. The van der Waals surface area contributed by atoms with Crippen LogP contribution in [-0.4, -0.2) is 45.5 Å². The Kier molecular flexibility index (Phi) is 7.38. The molecule has 0 saturated heterocycles. The number of aliphatic hydroxyl groups is 1. The Morgan fingerprint density at radius 2 is 1.81 bits per heavy atom. The van der Waals surface area contributed by atoms with Crippen LogP contribution in [-0.2, 0) is 11.2 Å². The second-order valence-electron chi connectivity index (χ2n) is 10.4. The van der Waals surface area contributed by atoms with Crippen LogP contribution in [0.1, 0.15) is 75.9 Å². The first-order valence-corrected chi connectivity index (χ1v) is 13.3. The summed E-state index contributed by atoms with van der Waals surface area (Å²) in [5, 5.41) is 14.2. The summed E-state index contributed by atoms with van der Waals surface area (Å²) in [6.45, 7) is 4.54. The number of aliphatic hydroxyl groups excluding tert-OH is 1. The van der Waals surface area contributed by atoms with Crippen molar-refractivity contribution >= 4 is 11.8 Å². The zero-order valence-corrected chi connectivity index (χ0v) is 21.6. The van der Waals surface area contributed by atoms with Crippen LogP contribution in [0.5, 0.6) is 0 Å². The van der Waals surface area contributed by atoms with Gasteiger partial charge >= 0.3 is 0 Å². The highest BCUT2D eigenvalue weighted by atomic mass is 16.3. The Labute approximate surface area is 218 Å². The summed E-state index contributed by atoms with van der Waals surface area (Å²) in [6.07, 6.45) is 5.06. The van der Waals surface area contributed by atoms with Crippen LogP contribution >= 0.6 is 0 Å². The van der Waals surface area contributed by atoms with Crippen molar-refractivity contribution < 1.29 is 14.7 Å². The molecule has 0 bridgehead atoms. The maximum Gasteiger partial charge on any atom is 0.255 e. The van der Waals surface area contributed by atoms with E-state index in [9.17, 15) is 14.7 Å². The van der Waals surface area contributed by atoms with E-state index in [-0.39, 0.29) is 17.9 Å². The summed E-state index contributed by atoms with van der Waals surface area (Å²) in [5.74, 6) is -0.812. The van der Waals surface area contributed by atoms with Gasteiger partial charge in [0.2, 0.25) is 5.91 Å².